The molecular weight excluding hydrogens is 374 g/mol. The Bertz CT molecular complexity index is 1100. The fourth-order valence-electron chi connectivity index (χ4n) is 3.57. The molecule has 4 heteroatoms. The number of hydrogen-bond acceptors (Lipinski definition) is 3. The Balaban J connectivity index is 1.54. The highest BCUT2D eigenvalue weighted by Gasteiger charge is 2.36. The normalized spacial score (nSPS) is 13.3. The summed E-state index contributed by atoms with van der Waals surface area (Å²) in [6, 6.07) is 20.5. The van der Waals surface area contributed by atoms with Crippen molar-refractivity contribution in [2.45, 2.75) is 39.5 Å². The molecule has 3 aromatic carbocycles. The average Bonchev–Trinajstić information content (AvgIpc) is 2.99. The summed E-state index contributed by atoms with van der Waals surface area (Å²) in [6.45, 7) is 8.43. The van der Waals surface area contributed by atoms with Crippen LogP contribution in [-0.2, 0) is 0 Å². The highest BCUT2D eigenvalue weighted by Crippen LogP contribution is 2.32. The van der Waals surface area contributed by atoms with Gasteiger partial charge in [-0.3, -0.25) is 9.59 Å². The van der Waals surface area contributed by atoms with E-state index in [9.17, 15) is 9.59 Å². The lowest BCUT2D eigenvalue weighted by molar-refractivity contribution is 0.0926. The van der Waals surface area contributed by atoms with Crippen LogP contribution < -0.4 is 9.64 Å². The van der Waals surface area contributed by atoms with Gasteiger partial charge in [0.25, 0.3) is 11.8 Å². The van der Waals surface area contributed by atoms with Crippen molar-refractivity contribution in [3.63, 3.8) is 0 Å². The Kier molecular flexibility index (Phi) is 5.17. The summed E-state index contributed by atoms with van der Waals surface area (Å²) < 4.78 is 5.90. The number of amides is 2. The number of anilines is 1. The first-order valence-corrected chi connectivity index (χ1v) is 10.3. The maximum absolute atomic E-state index is 12.9. The minimum atomic E-state index is -0.289. The topological polar surface area (TPSA) is 46.6 Å². The second-order valence-corrected chi connectivity index (χ2v) is 8.23. The number of carbonyl (C=O) groups excluding carboxylic acids is 2. The summed E-state index contributed by atoms with van der Waals surface area (Å²) in [4.78, 5) is 27.0. The second-order valence-electron chi connectivity index (χ2n) is 8.23. The molecule has 0 aliphatic carbocycles. The SMILES string of the molecule is CC(C)c1ccc(Oc2ccc(N3C(=O)c4ccc(C(C)C)cc4C3=O)cc2)cc1. The van der Waals surface area contributed by atoms with Gasteiger partial charge in [-0.05, 0) is 71.5 Å². The third-order valence-electron chi connectivity index (χ3n) is 5.45. The smallest absolute Gasteiger partial charge is 0.266 e. The summed E-state index contributed by atoms with van der Waals surface area (Å²) in [7, 11) is 0. The van der Waals surface area contributed by atoms with Gasteiger partial charge in [0.15, 0.2) is 0 Å². The minimum absolute atomic E-state index is 0.282. The fraction of sp³-hybridized carbons (Fsp3) is 0.231. The highest BCUT2D eigenvalue weighted by atomic mass is 16.5. The van der Waals surface area contributed by atoms with Gasteiger partial charge in [0.1, 0.15) is 11.5 Å². The van der Waals surface area contributed by atoms with Gasteiger partial charge in [0.2, 0.25) is 0 Å². The zero-order valence-corrected chi connectivity index (χ0v) is 17.7. The van der Waals surface area contributed by atoms with Crippen LogP contribution in [0.4, 0.5) is 5.69 Å². The van der Waals surface area contributed by atoms with Crippen molar-refractivity contribution in [2.24, 2.45) is 0 Å². The molecule has 4 nitrogen and oxygen atoms in total. The quantitative estimate of drug-likeness (QED) is 0.459. The molecule has 0 saturated heterocycles. The van der Waals surface area contributed by atoms with E-state index >= 15 is 0 Å². The molecule has 0 radical (unpaired) electrons. The number of ether oxygens (including phenoxy) is 1. The van der Waals surface area contributed by atoms with E-state index in [1.165, 1.54) is 10.5 Å². The van der Waals surface area contributed by atoms with Crippen LogP contribution in [0.15, 0.2) is 66.7 Å². The van der Waals surface area contributed by atoms with Gasteiger partial charge in [0, 0.05) is 0 Å². The summed E-state index contributed by atoms with van der Waals surface area (Å²) in [5, 5.41) is 0. The van der Waals surface area contributed by atoms with Crippen molar-refractivity contribution in [3.8, 4) is 11.5 Å². The third-order valence-corrected chi connectivity index (χ3v) is 5.45. The number of hydrogen-bond donors (Lipinski definition) is 0. The van der Waals surface area contributed by atoms with Crippen LogP contribution in [0.1, 0.15) is 71.4 Å². The molecule has 30 heavy (non-hydrogen) atoms. The standard InChI is InChI=1S/C26H25NO3/c1-16(2)18-5-10-21(11-6-18)30-22-12-8-20(9-13-22)27-25(28)23-14-7-19(17(3)4)15-24(23)26(27)29/h5-17H,1-4H3. The Hall–Kier alpha value is -3.40. The molecule has 1 heterocycles. The second kappa shape index (κ2) is 7.79. The van der Waals surface area contributed by atoms with E-state index in [-0.39, 0.29) is 11.8 Å². The third kappa shape index (κ3) is 3.61. The fourth-order valence-corrected chi connectivity index (χ4v) is 3.57. The van der Waals surface area contributed by atoms with Crippen molar-refractivity contribution in [2.75, 3.05) is 4.90 Å². The van der Waals surface area contributed by atoms with Crippen LogP contribution in [0.3, 0.4) is 0 Å². The van der Waals surface area contributed by atoms with Crippen LogP contribution in [0, 0.1) is 0 Å². The molecular formula is C26H25NO3. The molecule has 0 aromatic heterocycles. The van der Waals surface area contributed by atoms with Crippen LogP contribution >= 0.6 is 0 Å². The summed E-state index contributed by atoms with van der Waals surface area (Å²) >= 11 is 0. The van der Waals surface area contributed by atoms with Crippen molar-refractivity contribution < 1.29 is 14.3 Å². The van der Waals surface area contributed by atoms with Gasteiger partial charge >= 0.3 is 0 Å². The van der Waals surface area contributed by atoms with E-state index in [1.807, 2.05) is 24.3 Å². The first-order chi connectivity index (χ1) is 14.3. The summed E-state index contributed by atoms with van der Waals surface area (Å²) in [6.07, 6.45) is 0. The van der Waals surface area contributed by atoms with Gasteiger partial charge in [-0.25, -0.2) is 4.90 Å². The van der Waals surface area contributed by atoms with Crippen molar-refractivity contribution >= 4 is 17.5 Å². The molecule has 1 aliphatic rings. The number of nitrogens with zero attached hydrogens (tertiary/aromatic N) is 1. The lowest BCUT2D eigenvalue weighted by atomic mass is 9.98. The Labute approximate surface area is 177 Å². The highest BCUT2D eigenvalue weighted by molar-refractivity contribution is 6.34. The van der Waals surface area contributed by atoms with Gasteiger partial charge in [-0.15, -0.1) is 0 Å². The van der Waals surface area contributed by atoms with Crippen molar-refractivity contribution in [1.29, 1.82) is 0 Å². The van der Waals surface area contributed by atoms with Gasteiger partial charge in [-0.2, -0.15) is 0 Å². The number of rotatable bonds is 5. The van der Waals surface area contributed by atoms with Crippen LogP contribution in [0.2, 0.25) is 0 Å². The van der Waals surface area contributed by atoms with E-state index in [0.29, 0.717) is 34.4 Å². The van der Waals surface area contributed by atoms with Crippen LogP contribution in [0.5, 0.6) is 11.5 Å². The van der Waals surface area contributed by atoms with Gasteiger partial charge in [0.05, 0.1) is 16.8 Å². The van der Waals surface area contributed by atoms with E-state index in [1.54, 1.807) is 30.3 Å². The number of benzene rings is 3. The number of carbonyl (C=O) groups is 2. The maximum atomic E-state index is 12.9. The van der Waals surface area contributed by atoms with Crippen molar-refractivity contribution in [1.82, 2.24) is 0 Å². The lowest BCUT2D eigenvalue weighted by Gasteiger charge is -2.15. The zero-order chi connectivity index (χ0) is 21.4. The Morgan fingerprint density at radius 1 is 0.633 bits per heavy atom. The lowest BCUT2D eigenvalue weighted by Crippen LogP contribution is -2.29. The van der Waals surface area contributed by atoms with Crippen LogP contribution in [0.25, 0.3) is 0 Å². The zero-order valence-electron chi connectivity index (χ0n) is 17.7. The Morgan fingerprint density at radius 2 is 1.13 bits per heavy atom. The molecule has 1 aliphatic heterocycles. The van der Waals surface area contributed by atoms with Gasteiger partial charge in [-0.1, -0.05) is 45.9 Å². The van der Waals surface area contributed by atoms with E-state index in [2.05, 4.69) is 39.8 Å². The van der Waals surface area contributed by atoms with E-state index in [0.717, 1.165) is 11.3 Å². The number of fused-ring (bicyclic) bond motifs is 1. The average molecular weight is 399 g/mol. The molecule has 0 spiro atoms. The van der Waals surface area contributed by atoms with E-state index in [4.69, 9.17) is 4.74 Å². The van der Waals surface area contributed by atoms with Crippen molar-refractivity contribution in [3.05, 3.63) is 89.0 Å². The monoisotopic (exact) mass is 399 g/mol. The Morgan fingerprint density at radius 3 is 1.70 bits per heavy atom. The molecule has 0 saturated carbocycles. The molecule has 0 unspecified atom stereocenters. The molecule has 0 fully saturated rings. The molecule has 0 N–H and O–H groups in total. The predicted molar refractivity (Wildman–Crippen MR) is 119 cm³/mol. The number of imide groups is 1. The molecule has 152 valence electrons. The molecule has 4 rings (SSSR count). The van der Waals surface area contributed by atoms with Gasteiger partial charge < -0.3 is 4.74 Å². The molecule has 0 atom stereocenters. The summed E-state index contributed by atoms with van der Waals surface area (Å²) in [5.41, 5.74) is 3.76. The summed E-state index contributed by atoms with van der Waals surface area (Å²) in [5.74, 6) is 1.58. The predicted octanol–water partition coefficient (Wildman–Crippen LogP) is 6.53. The molecule has 2 amide bonds. The molecule has 3 aromatic rings. The largest absolute Gasteiger partial charge is 0.457 e. The first kappa shape index (κ1) is 19.9. The minimum Gasteiger partial charge on any atom is -0.457 e. The van der Waals surface area contributed by atoms with E-state index < -0.39 is 0 Å². The molecule has 0 bridgehead atoms. The maximum Gasteiger partial charge on any atom is 0.266 e. The van der Waals surface area contributed by atoms with Crippen LogP contribution in [-0.4, -0.2) is 11.8 Å². The first-order valence-electron chi connectivity index (χ1n) is 10.3.